The van der Waals surface area contributed by atoms with E-state index < -0.39 is 12.1 Å². The van der Waals surface area contributed by atoms with Crippen LogP contribution in [-0.2, 0) is 22.0 Å². The van der Waals surface area contributed by atoms with E-state index in [1.165, 1.54) is 11.1 Å². The second-order valence-electron chi connectivity index (χ2n) is 10.4. The lowest BCUT2D eigenvalue weighted by molar-refractivity contribution is -0.120. The molecule has 2 aliphatic rings. The Morgan fingerprint density at radius 1 is 1.00 bits per heavy atom. The summed E-state index contributed by atoms with van der Waals surface area (Å²) in [4.78, 5) is 23.5. The number of amides is 3. The van der Waals surface area contributed by atoms with E-state index in [2.05, 4.69) is 57.4 Å². The Balaban J connectivity index is 1.84. The third-order valence-electron chi connectivity index (χ3n) is 7.17. The highest BCUT2D eigenvalue weighted by molar-refractivity contribution is 6.04. The lowest BCUT2D eigenvalue weighted by atomic mass is 9.62. The molecule has 2 aromatic carbocycles. The number of nitrogens with one attached hydrogen (secondary N) is 2. The molecule has 1 atom stereocenters. The smallest absolute Gasteiger partial charge is 0.322 e. The van der Waals surface area contributed by atoms with Gasteiger partial charge in [-0.25, -0.2) is 4.79 Å². The van der Waals surface area contributed by atoms with E-state index in [1.807, 2.05) is 6.07 Å². The number of rotatable bonds is 4. The van der Waals surface area contributed by atoms with Gasteiger partial charge >= 0.3 is 6.03 Å². The Hall–Kier alpha value is -3.02. The molecule has 1 saturated heterocycles. The van der Waals surface area contributed by atoms with E-state index in [0.29, 0.717) is 11.3 Å². The summed E-state index contributed by atoms with van der Waals surface area (Å²) >= 11 is 0. The summed E-state index contributed by atoms with van der Waals surface area (Å²) in [5, 5.41) is 15.4. The van der Waals surface area contributed by atoms with Gasteiger partial charge in [0.1, 0.15) is 17.5 Å². The molecule has 32 heavy (non-hydrogen) atoms. The number of fused-ring (bicyclic) bond motifs is 1. The molecule has 1 unspecified atom stereocenters. The average molecular weight is 437 g/mol. The zero-order valence-corrected chi connectivity index (χ0v) is 19.7. The van der Waals surface area contributed by atoms with Gasteiger partial charge in [-0.3, -0.25) is 10.1 Å². The van der Waals surface area contributed by atoms with Gasteiger partial charge in [0.2, 0.25) is 0 Å². The van der Waals surface area contributed by atoms with E-state index >= 15 is 0 Å². The summed E-state index contributed by atoms with van der Waals surface area (Å²) in [6.45, 7) is 11.3. The third kappa shape index (κ3) is 3.72. The minimum absolute atomic E-state index is 0.0385. The van der Waals surface area contributed by atoms with E-state index in [4.69, 9.17) is 4.74 Å². The number of carbonyl (C=O) groups excluding carboxylic acids is 2. The number of imide groups is 1. The van der Waals surface area contributed by atoms with E-state index in [-0.39, 0.29) is 28.9 Å². The third-order valence-corrected chi connectivity index (χ3v) is 7.17. The van der Waals surface area contributed by atoms with Crippen molar-refractivity contribution in [3.8, 4) is 22.6 Å². The van der Waals surface area contributed by atoms with E-state index in [0.717, 1.165) is 29.5 Å². The fourth-order valence-corrected chi connectivity index (χ4v) is 4.99. The molecule has 1 fully saturated rings. The lowest BCUT2D eigenvalue weighted by Crippen LogP contribution is -2.34. The van der Waals surface area contributed by atoms with Gasteiger partial charge in [-0.1, -0.05) is 33.8 Å². The van der Waals surface area contributed by atoms with Crippen LogP contribution < -0.4 is 15.4 Å². The summed E-state index contributed by atoms with van der Waals surface area (Å²) in [5.41, 5.74) is 6.54. The highest BCUT2D eigenvalue weighted by atomic mass is 16.5. The van der Waals surface area contributed by atoms with Gasteiger partial charge in [-0.2, -0.15) is 0 Å². The fraction of sp³-hybridized carbons (Fsp3) is 0.462. The summed E-state index contributed by atoms with van der Waals surface area (Å²) in [6, 6.07) is 6.81. The van der Waals surface area contributed by atoms with Gasteiger partial charge in [0.15, 0.2) is 0 Å². The Labute approximate surface area is 189 Å². The van der Waals surface area contributed by atoms with Crippen LogP contribution in [0.1, 0.15) is 62.8 Å². The van der Waals surface area contributed by atoms with Crippen LogP contribution in [0.25, 0.3) is 11.1 Å². The molecule has 2 aromatic rings. The SMILES string of the molecule is COc1cc(O)c(CC2NC(=O)NC2=O)cc1-c1cc2c(cc1C)C(C)(C)CCC2(C)C. The Morgan fingerprint density at radius 3 is 2.19 bits per heavy atom. The summed E-state index contributed by atoms with van der Waals surface area (Å²) in [5.74, 6) is 0.222. The zero-order valence-electron chi connectivity index (χ0n) is 19.7. The second kappa shape index (κ2) is 7.54. The molecule has 1 aliphatic carbocycles. The van der Waals surface area contributed by atoms with Gasteiger partial charge in [0, 0.05) is 18.1 Å². The largest absolute Gasteiger partial charge is 0.508 e. The maximum absolute atomic E-state index is 12.0. The number of carbonyl (C=O) groups is 2. The summed E-state index contributed by atoms with van der Waals surface area (Å²) < 4.78 is 5.63. The Morgan fingerprint density at radius 2 is 1.62 bits per heavy atom. The van der Waals surface area contributed by atoms with Crippen molar-refractivity contribution in [1.82, 2.24) is 10.6 Å². The van der Waals surface area contributed by atoms with Gasteiger partial charge in [0.05, 0.1) is 7.11 Å². The molecule has 1 heterocycles. The van der Waals surface area contributed by atoms with Crippen LogP contribution in [0.15, 0.2) is 24.3 Å². The maximum Gasteiger partial charge on any atom is 0.322 e. The van der Waals surface area contributed by atoms with Gasteiger partial charge in [0.25, 0.3) is 5.91 Å². The molecular weight excluding hydrogens is 404 g/mol. The number of methoxy groups -OCH3 is 1. The second-order valence-corrected chi connectivity index (χ2v) is 10.4. The number of benzene rings is 2. The first kappa shape index (κ1) is 22.2. The van der Waals surface area contributed by atoms with Crippen molar-refractivity contribution in [2.75, 3.05) is 7.11 Å². The zero-order chi connectivity index (χ0) is 23.4. The van der Waals surface area contributed by atoms with Crippen LogP contribution in [0.4, 0.5) is 4.79 Å². The average Bonchev–Trinajstić information content (AvgIpc) is 3.03. The molecule has 3 N–H and O–H groups in total. The topological polar surface area (TPSA) is 87.7 Å². The van der Waals surface area contributed by atoms with Gasteiger partial charge in [-0.15, -0.1) is 0 Å². The molecule has 4 rings (SSSR count). The van der Waals surface area contributed by atoms with Crippen LogP contribution in [0.3, 0.4) is 0 Å². The predicted octanol–water partition coefficient (Wildman–Crippen LogP) is 4.48. The van der Waals surface area contributed by atoms with E-state index in [9.17, 15) is 14.7 Å². The van der Waals surface area contributed by atoms with Crippen molar-refractivity contribution < 1.29 is 19.4 Å². The minimum Gasteiger partial charge on any atom is -0.508 e. The first-order valence-corrected chi connectivity index (χ1v) is 11.1. The van der Waals surface area contributed by atoms with Crippen molar-refractivity contribution in [2.24, 2.45) is 0 Å². The van der Waals surface area contributed by atoms with Crippen LogP contribution in [0.5, 0.6) is 11.5 Å². The Kier molecular flexibility index (Phi) is 5.23. The number of phenolic OH excluding ortho intramolecular Hbond substituents is 1. The van der Waals surface area contributed by atoms with Crippen LogP contribution in [-0.4, -0.2) is 30.2 Å². The van der Waals surface area contributed by atoms with Crippen LogP contribution in [0, 0.1) is 6.92 Å². The molecule has 3 amide bonds. The highest BCUT2D eigenvalue weighted by Gasteiger charge is 2.38. The fourth-order valence-electron chi connectivity index (χ4n) is 4.99. The maximum atomic E-state index is 12.0. The number of ether oxygens (including phenoxy) is 1. The molecule has 6 nitrogen and oxygen atoms in total. The highest BCUT2D eigenvalue weighted by Crippen LogP contribution is 2.48. The van der Waals surface area contributed by atoms with Crippen molar-refractivity contribution in [3.63, 3.8) is 0 Å². The molecule has 0 saturated carbocycles. The number of phenols is 1. The van der Waals surface area contributed by atoms with Crippen molar-refractivity contribution in [1.29, 1.82) is 0 Å². The summed E-state index contributed by atoms with van der Waals surface area (Å²) in [7, 11) is 1.59. The Bertz CT molecular complexity index is 1120. The number of hydrogen-bond acceptors (Lipinski definition) is 4. The first-order chi connectivity index (χ1) is 14.9. The molecule has 0 radical (unpaired) electrons. The number of urea groups is 1. The molecule has 1 aliphatic heterocycles. The monoisotopic (exact) mass is 436 g/mol. The van der Waals surface area contributed by atoms with Crippen LogP contribution >= 0.6 is 0 Å². The molecular formula is C26H32N2O4. The van der Waals surface area contributed by atoms with Gasteiger partial charge in [-0.05, 0) is 70.5 Å². The van der Waals surface area contributed by atoms with Gasteiger partial charge < -0.3 is 15.2 Å². The van der Waals surface area contributed by atoms with Crippen molar-refractivity contribution in [2.45, 2.75) is 70.8 Å². The quantitative estimate of drug-likeness (QED) is 0.617. The normalized spacial score (nSPS) is 21.0. The van der Waals surface area contributed by atoms with Crippen molar-refractivity contribution in [3.05, 3.63) is 46.5 Å². The minimum atomic E-state index is -0.709. The predicted molar refractivity (Wildman–Crippen MR) is 124 cm³/mol. The molecule has 0 aromatic heterocycles. The summed E-state index contributed by atoms with van der Waals surface area (Å²) in [6.07, 6.45) is 2.46. The molecule has 6 heteroatoms. The molecule has 170 valence electrons. The lowest BCUT2D eigenvalue weighted by Gasteiger charge is -2.42. The molecule has 0 spiro atoms. The standard InChI is InChI=1S/C26H32N2O4/c1-14-9-18-19(26(4,5)8-7-25(18,2)3)12-16(14)17-10-15(21(29)13-22(17)32-6)11-20-23(30)28-24(31)27-20/h9-10,12-13,20,29H,7-8,11H2,1-6H3,(H2,27,28,30,31). The number of aromatic hydroxyl groups is 1. The van der Waals surface area contributed by atoms with Crippen LogP contribution in [0.2, 0.25) is 0 Å². The first-order valence-electron chi connectivity index (χ1n) is 11.1. The van der Waals surface area contributed by atoms with E-state index in [1.54, 1.807) is 13.2 Å². The number of hydrogen-bond donors (Lipinski definition) is 3. The van der Waals surface area contributed by atoms with Crippen molar-refractivity contribution >= 4 is 11.9 Å². The molecule has 0 bridgehead atoms. The number of aryl methyl sites for hydroxylation is 1.